The molecule has 0 aliphatic rings. The van der Waals surface area contributed by atoms with Crippen molar-refractivity contribution >= 4 is 17.5 Å². The van der Waals surface area contributed by atoms with Gasteiger partial charge in [-0.05, 0) is 38.1 Å². The van der Waals surface area contributed by atoms with Crippen molar-refractivity contribution in [1.82, 2.24) is 4.90 Å². The molecular formula is C14H17ClN2O2. The number of hydrogen-bond acceptors (Lipinski definition) is 3. The number of carbonyl (C=O) groups excluding carboxylic acids is 1. The van der Waals surface area contributed by atoms with Gasteiger partial charge in [-0.1, -0.05) is 11.6 Å². The third kappa shape index (κ3) is 5.19. The van der Waals surface area contributed by atoms with E-state index in [0.717, 1.165) is 0 Å². The number of amides is 1. The van der Waals surface area contributed by atoms with Crippen molar-refractivity contribution in [2.24, 2.45) is 0 Å². The molecule has 0 atom stereocenters. The molecule has 0 saturated heterocycles. The zero-order valence-corrected chi connectivity index (χ0v) is 11.9. The topological polar surface area (TPSA) is 53.3 Å². The number of nitriles is 1. The smallest absolute Gasteiger partial charge is 0.260 e. The molecule has 0 N–H and O–H groups in total. The number of nitrogens with zero attached hydrogens (tertiary/aromatic N) is 2. The first-order valence-electron chi connectivity index (χ1n) is 6.09. The summed E-state index contributed by atoms with van der Waals surface area (Å²) in [4.78, 5) is 13.6. The molecule has 0 unspecified atom stereocenters. The fourth-order valence-corrected chi connectivity index (χ4v) is 1.73. The average Bonchev–Trinajstić information content (AvgIpc) is 2.38. The van der Waals surface area contributed by atoms with Crippen LogP contribution in [0.1, 0.15) is 20.3 Å². The summed E-state index contributed by atoms with van der Waals surface area (Å²) < 4.78 is 5.40. The molecule has 5 heteroatoms. The van der Waals surface area contributed by atoms with Gasteiger partial charge in [0.15, 0.2) is 6.61 Å². The van der Waals surface area contributed by atoms with Crippen LogP contribution in [0.15, 0.2) is 24.3 Å². The average molecular weight is 281 g/mol. The number of rotatable bonds is 6. The zero-order chi connectivity index (χ0) is 14.3. The molecule has 0 fully saturated rings. The van der Waals surface area contributed by atoms with E-state index in [2.05, 4.69) is 0 Å². The number of carbonyl (C=O) groups is 1. The van der Waals surface area contributed by atoms with Gasteiger partial charge in [-0.25, -0.2) is 0 Å². The maximum atomic E-state index is 12.0. The van der Waals surface area contributed by atoms with Gasteiger partial charge in [0.25, 0.3) is 5.91 Å². The number of benzene rings is 1. The molecule has 0 bridgehead atoms. The lowest BCUT2D eigenvalue weighted by molar-refractivity contribution is -0.135. The van der Waals surface area contributed by atoms with Gasteiger partial charge in [0.1, 0.15) is 5.75 Å². The second kappa shape index (κ2) is 7.65. The molecule has 102 valence electrons. The van der Waals surface area contributed by atoms with Gasteiger partial charge in [-0.15, -0.1) is 0 Å². The molecule has 19 heavy (non-hydrogen) atoms. The Balaban J connectivity index is 2.52. The van der Waals surface area contributed by atoms with E-state index in [1.54, 1.807) is 29.2 Å². The van der Waals surface area contributed by atoms with Crippen LogP contribution in [0.4, 0.5) is 0 Å². The van der Waals surface area contributed by atoms with Gasteiger partial charge >= 0.3 is 0 Å². The molecule has 1 rings (SSSR count). The second-order valence-electron chi connectivity index (χ2n) is 4.33. The van der Waals surface area contributed by atoms with Crippen LogP contribution in [0.3, 0.4) is 0 Å². The fourth-order valence-electron chi connectivity index (χ4n) is 1.60. The molecule has 0 spiro atoms. The van der Waals surface area contributed by atoms with Gasteiger partial charge in [-0.3, -0.25) is 4.79 Å². The molecule has 1 aromatic carbocycles. The first-order valence-corrected chi connectivity index (χ1v) is 6.47. The van der Waals surface area contributed by atoms with E-state index in [9.17, 15) is 4.79 Å². The Kier molecular flexibility index (Phi) is 6.17. The van der Waals surface area contributed by atoms with E-state index in [1.165, 1.54) is 0 Å². The van der Waals surface area contributed by atoms with Crippen molar-refractivity contribution < 1.29 is 9.53 Å². The predicted molar refractivity (Wildman–Crippen MR) is 74.0 cm³/mol. The first kappa shape index (κ1) is 15.3. The molecule has 0 radical (unpaired) electrons. The van der Waals surface area contributed by atoms with Crippen molar-refractivity contribution in [2.45, 2.75) is 26.3 Å². The van der Waals surface area contributed by atoms with Crippen LogP contribution in [-0.4, -0.2) is 30.0 Å². The minimum Gasteiger partial charge on any atom is -0.484 e. The molecule has 1 amide bonds. The quantitative estimate of drug-likeness (QED) is 0.805. The van der Waals surface area contributed by atoms with E-state index >= 15 is 0 Å². The van der Waals surface area contributed by atoms with Crippen molar-refractivity contribution in [3.8, 4) is 11.8 Å². The summed E-state index contributed by atoms with van der Waals surface area (Å²) in [5, 5.41) is 9.20. The minimum absolute atomic E-state index is 0.0365. The second-order valence-corrected chi connectivity index (χ2v) is 4.77. The van der Waals surface area contributed by atoms with E-state index < -0.39 is 0 Å². The van der Waals surface area contributed by atoms with E-state index in [4.69, 9.17) is 21.6 Å². The summed E-state index contributed by atoms with van der Waals surface area (Å²) in [6, 6.07) is 8.93. The largest absolute Gasteiger partial charge is 0.484 e. The maximum absolute atomic E-state index is 12.0. The van der Waals surface area contributed by atoms with Crippen LogP contribution in [0.2, 0.25) is 5.02 Å². The maximum Gasteiger partial charge on any atom is 0.260 e. The number of hydrogen-bond donors (Lipinski definition) is 0. The van der Waals surface area contributed by atoms with Crippen LogP contribution < -0.4 is 4.74 Å². The van der Waals surface area contributed by atoms with Gasteiger partial charge in [-0.2, -0.15) is 5.26 Å². The highest BCUT2D eigenvalue weighted by molar-refractivity contribution is 6.30. The van der Waals surface area contributed by atoms with Crippen molar-refractivity contribution in [3.05, 3.63) is 29.3 Å². The molecule has 0 saturated carbocycles. The van der Waals surface area contributed by atoms with Gasteiger partial charge in [0.2, 0.25) is 0 Å². The molecule has 1 aromatic rings. The summed E-state index contributed by atoms with van der Waals surface area (Å²) in [6.45, 7) is 4.22. The molecule has 0 aliphatic carbocycles. The standard InChI is InChI=1S/C14H17ClN2O2/c1-11(2)17(9-3-8-16)14(18)10-19-13-6-4-12(15)5-7-13/h4-7,11H,3,9-10H2,1-2H3. The highest BCUT2D eigenvalue weighted by Gasteiger charge is 2.16. The van der Waals surface area contributed by atoms with E-state index in [0.29, 0.717) is 23.7 Å². The molecule has 4 nitrogen and oxygen atoms in total. The molecule has 0 aromatic heterocycles. The summed E-state index contributed by atoms with van der Waals surface area (Å²) in [7, 11) is 0. The van der Waals surface area contributed by atoms with Crippen molar-refractivity contribution in [1.29, 1.82) is 5.26 Å². The Morgan fingerprint density at radius 1 is 1.42 bits per heavy atom. The predicted octanol–water partition coefficient (Wildman–Crippen LogP) is 2.87. The minimum atomic E-state index is -0.125. The monoisotopic (exact) mass is 280 g/mol. The Labute approximate surface area is 118 Å². The van der Waals surface area contributed by atoms with Gasteiger partial charge in [0, 0.05) is 17.6 Å². The van der Waals surface area contributed by atoms with Crippen molar-refractivity contribution in [2.75, 3.05) is 13.2 Å². The Morgan fingerprint density at radius 3 is 2.58 bits per heavy atom. The van der Waals surface area contributed by atoms with Gasteiger partial charge < -0.3 is 9.64 Å². The Hall–Kier alpha value is -1.73. The first-order chi connectivity index (χ1) is 9.04. The van der Waals surface area contributed by atoms with Crippen LogP contribution in [0.5, 0.6) is 5.75 Å². The van der Waals surface area contributed by atoms with E-state index in [-0.39, 0.29) is 18.6 Å². The van der Waals surface area contributed by atoms with Crippen LogP contribution in [0.25, 0.3) is 0 Å². The summed E-state index contributed by atoms with van der Waals surface area (Å²) >= 11 is 5.76. The van der Waals surface area contributed by atoms with Crippen LogP contribution in [-0.2, 0) is 4.79 Å². The third-order valence-electron chi connectivity index (χ3n) is 2.58. The Morgan fingerprint density at radius 2 is 2.05 bits per heavy atom. The summed E-state index contributed by atoms with van der Waals surface area (Å²) in [5.41, 5.74) is 0. The number of halogens is 1. The SMILES string of the molecule is CC(C)N(CCC#N)C(=O)COc1ccc(Cl)cc1. The Bertz CT molecular complexity index is 452. The lowest BCUT2D eigenvalue weighted by atomic mass is 10.3. The van der Waals surface area contributed by atoms with E-state index in [1.807, 2.05) is 19.9 Å². The van der Waals surface area contributed by atoms with Crippen molar-refractivity contribution in [3.63, 3.8) is 0 Å². The summed E-state index contributed by atoms with van der Waals surface area (Å²) in [5.74, 6) is 0.474. The van der Waals surface area contributed by atoms with Crippen LogP contribution in [0, 0.1) is 11.3 Å². The normalized spacial score (nSPS) is 10.1. The highest BCUT2D eigenvalue weighted by Crippen LogP contribution is 2.15. The number of ether oxygens (including phenoxy) is 1. The lowest BCUT2D eigenvalue weighted by Gasteiger charge is -2.25. The lowest BCUT2D eigenvalue weighted by Crippen LogP contribution is -2.40. The summed E-state index contributed by atoms with van der Waals surface area (Å²) in [6.07, 6.45) is 0.324. The van der Waals surface area contributed by atoms with Gasteiger partial charge in [0.05, 0.1) is 12.5 Å². The molecular weight excluding hydrogens is 264 g/mol. The zero-order valence-electron chi connectivity index (χ0n) is 11.1. The molecule has 0 aliphatic heterocycles. The fraction of sp³-hybridized carbons (Fsp3) is 0.429. The third-order valence-corrected chi connectivity index (χ3v) is 2.84. The highest BCUT2D eigenvalue weighted by atomic mass is 35.5. The van der Waals surface area contributed by atoms with Crippen LogP contribution >= 0.6 is 11.6 Å². The molecule has 0 heterocycles.